The number of carbonyl (C=O) groups is 2. The van der Waals surface area contributed by atoms with Crippen LogP contribution >= 0.6 is 15.9 Å². The molecule has 5 nitrogen and oxygen atoms in total. The van der Waals surface area contributed by atoms with Crippen LogP contribution in [-0.2, 0) is 14.3 Å². The Kier molecular flexibility index (Phi) is 6.59. The smallest absolute Gasteiger partial charge is 0.308 e. The van der Waals surface area contributed by atoms with Gasteiger partial charge in [0.1, 0.15) is 0 Å². The first-order valence-corrected chi connectivity index (χ1v) is 8.72. The van der Waals surface area contributed by atoms with Gasteiger partial charge in [-0.05, 0) is 43.6 Å². The van der Waals surface area contributed by atoms with Gasteiger partial charge in [-0.25, -0.2) is 0 Å². The van der Waals surface area contributed by atoms with Crippen molar-refractivity contribution in [2.75, 3.05) is 19.7 Å². The van der Waals surface area contributed by atoms with E-state index >= 15 is 0 Å². The van der Waals surface area contributed by atoms with Crippen molar-refractivity contribution in [3.63, 3.8) is 0 Å². The summed E-state index contributed by atoms with van der Waals surface area (Å²) in [5.41, 5.74) is 0.897. The number of halogens is 1. The molecule has 2 atom stereocenters. The highest BCUT2D eigenvalue weighted by molar-refractivity contribution is 9.10. The SMILES string of the molecule is CCOC(=O)CC(NC(=O)C(C)C1CNC1)c1ccc(Br)cc1. The maximum absolute atomic E-state index is 12.5. The standard InChI is InChI=1S/C17H23BrN2O3/c1-3-23-16(21)8-15(12-4-6-14(18)7-5-12)20-17(22)11(2)13-9-19-10-13/h4-7,11,13,15,19H,3,8-10H2,1-2H3,(H,20,22). The molecule has 1 fully saturated rings. The summed E-state index contributed by atoms with van der Waals surface area (Å²) in [6.07, 6.45) is 0.136. The molecule has 6 heteroatoms. The van der Waals surface area contributed by atoms with Crippen molar-refractivity contribution in [1.82, 2.24) is 10.6 Å². The van der Waals surface area contributed by atoms with Gasteiger partial charge in [0, 0.05) is 10.4 Å². The lowest BCUT2D eigenvalue weighted by atomic mass is 9.88. The molecule has 0 aromatic heterocycles. The lowest BCUT2D eigenvalue weighted by molar-refractivity contribution is -0.144. The van der Waals surface area contributed by atoms with Crippen LogP contribution in [0.4, 0.5) is 0 Å². The van der Waals surface area contributed by atoms with Gasteiger partial charge in [-0.2, -0.15) is 0 Å². The highest BCUT2D eigenvalue weighted by Gasteiger charge is 2.30. The number of hydrogen-bond donors (Lipinski definition) is 2. The van der Waals surface area contributed by atoms with Gasteiger partial charge in [0.2, 0.25) is 5.91 Å². The van der Waals surface area contributed by atoms with Crippen molar-refractivity contribution in [2.24, 2.45) is 11.8 Å². The third kappa shape index (κ3) is 5.04. The molecule has 126 valence electrons. The predicted octanol–water partition coefficient (Wildman–Crippen LogP) is 2.42. The van der Waals surface area contributed by atoms with Gasteiger partial charge in [0.15, 0.2) is 0 Å². The largest absolute Gasteiger partial charge is 0.466 e. The second-order valence-corrected chi connectivity index (χ2v) is 6.74. The predicted molar refractivity (Wildman–Crippen MR) is 91.8 cm³/mol. The Morgan fingerprint density at radius 3 is 2.52 bits per heavy atom. The highest BCUT2D eigenvalue weighted by atomic mass is 79.9. The molecule has 1 aromatic carbocycles. The van der Waals surface area contributed by atoms with E-state index in [2.05, 4.69) is 26.6 Å². The maximum atomic E-state index is 12.5. The Hall–Kier alpha value is -1.40. The Bertz CT molecular complexity index is 543. The number of nitrogens with one attached hydrogen (secondary N) is 2. The first kappa shape index (κ1) is 17.9. The average molecular weight is 383 g/mol. The molecule has 1 heterocycles. The second kappa shape index (κ2) is 8.45. The monoisotopic (exact) mass is 382 g/mol. The molecule has 0 saturated carbocycles. The molecule has 1 aliphatic heterocycles. The molecule has 0 aliphatic carbocycles. The lowest BCUT2D eigenvalue weighted by Crippen LogP contribution is -2.50. The molecule has 0 bridgehead atoms. The molecule has 2 unspecified atom stereocenters. The molecule has 1 amide bonds. The molecule has 23 heavy (non-hydrogen) atoms. The summed E-state index contributed by atoms with van der Waals surface area (Å²) in [5.74, 6) is -0.0352. The molecular weight excluding hydrogens is 360 g/mol. The third-order valence-electron chi connectivity index (χ3n) is 4.20. The third-order valence-corrected chi connectivity index (χ3v) is 4.73. The molecule has 1 aromatic rings. The number of amides is 1. The minimum absolute atomic E-state index is 0.0197. The number of carbonyl (C=O) groups excluding carboxylic acids is 2. The normalized spacial score (nSPS) is 17.0. The van der Waals surface area contributed by atoms with Crippen LogP contribution in [0.1, 0.15) is 31.9 Å². The Balaban J connectivity index is 2.07. The van der Waals surface area contributed by atoms with Crippen LogP contribution in [0, 0.1) is 11.8 Å². The summed E-state index contributed by atoms with van der Waals surface area (Å²) in [6.45, 7) is 5.79. The van der Waals surface area contributed by atoms with Gasteiger partial charge in [0.05, 0.1) is 19.1 Å². The second-order valence-electron chi connectivity index (χ2n) is 5.83. The van der Waals surface area contributed by atoms with Crippen LogP contribution in [0.2, 0.25) is 0 Å². The molecule has 1 saturated heterocycles. The van der Waals surface area contributed by atoms with E-state index in [0.29, 0.717) is 12.5 Å². The van der Waals surface area contributed by atoms with Gasteiger partial charge in [-0.1, -0.05) is 35.0 Å². The van der Waals surface area contributed by atoms with Gasteiger partial charge in [0.25, 0.3) is 0 Å². The van der Waals surface area contributed by atoms with Crippen LogP contribution in [0.3, 0.4) is 0 Å². The number of ether oxygens (including phenoxy) is 1. The molecule has 1 aliphatic rings. The van der Waals surface area contributed by atoms with E-state index in [9.17, 15) is 9.59 Å². The zero-order chi connectivity index (χ0) is 16.8. The zero-order valence-corrected chi connectivity index (χ0v) is 15.1. The Labute approximate surface area is 145 Å². The van der Waals surface area contributed by atoms with E-state index in [-0.39, 0.29) is 30.3 Å². The first-order chi connectivity index (χ1) is 11.0. The Morgan fingerprint density at radius 1 is 1.35 bits per heavy atom. The molecule has 0 spiro atoms. The van der Waals surface area contributed by atoms with Crippen molar-refractivity contribution in [1.29, 1.82) is 0 Å². The fourth-order valence-electron chi connectivity index (χ4n) is 2.52. The highest BCUT2D eigenvalue weighted by Crippen LogP contribution is 2.23. The van der Waals surface area contributed by atoms with Crippen molar-refractivity contribution in [3.05, 3.63) is 34.3 Å². The van der Waals surface area contributed by atoms with Crippen LogP contribution in [0.15, 0.2) is 28.7 Å². The summed E-state index contributed by atoms with van der Waals surface area (Å²) in [4.78, 5) is 24.3. The quantitative estimate of drug-likeness (QED) is 0.710. The van der Waals surface area contributed by atoms with Crippen LogP contribution in [-0.4, -0.2) is 31.6 Å². The van der Waals surface area contributed by atoms with E-state index < -0.39 is 0 Å². The van der Waals surface area contributed by atoms with Gasteiger partial charge in [-0.15, -0.1) is 0 Å². The Morgan fingerprint density at radius 2 is 2.00 bits per heavy atom. The molecule has 0 radical (unpaired) electrons. The van der Waals surface area contributed by atoms with E-state index in [4.69, 9.17) is 4.74 Å². The van der Waals surface area contributed by atoms with Crippen molar-refractivity contribution < 1.29 is 14.3 Å². The molecular formula is C17H23BrN2O3. The summed E-state index contributed by atoms with van der Waals surface area (Å²) < 4.78 is 5.98. The van der Waals surface area contributed by atoms with Crippen molar-refractivity contribution in [2.45, 2.75) is 26.3 Å². The average Bonchev–Trinajstić information content (AvgIpc) is 2.45. The number of benzene rings is 1. The fraction of sp³-hybridized carbons (Fsp3) is 0.529. The number of esters is 1. The van der Waals surface area contributed by atoms with E-state index in [1.807, 2.05) is 31.2 Å². The van der Waals surface area contributed by atoms with E-state index in [0.717, 1.165) is 23.1 Å². The lowest BCUT2D eigenvalue weighted by Gasteiger charge is -2.32. The minimum atomic E-state index is -0.370. The van der Waals surface area contributed by atoms with Crippen molar-refractivity contribution in [3.8, 4) is 0 Å². The maximum Gasteiger partial charge on any atom is 0.308 e. The summed E-state index contributed by atoms with van der Waals surface area (Å²) in [7, 11) is 0. The zero-order valence-electron chi connectivity index (χ0n) is 13.5. The van der Waals surface area contributed by atoms with Gasteiger partial charge < -0.3 is 15.4 Å². The topological polar surface area (TPSA) is 67.4 Å². The van der Waals surface area contributed by atoms with Crippen LogP contribution in [0.5, 0.6) is 0 Å². The summed E-state index contributed by atoms with van der Waals surface area (Å²) in [5, 5.41) is 6.19. The van der Waals surface area contributed by atoms with Crippen LogP contribution in [0.25, 0.3) is 0 Å². The minimum Gasteiger partial charge on any atom is -0.466 e. The molecule has 2 rings (SSSR count). The van der Waals surface area contributed by atoms with E-state index in [1.54, 1.807) is 6.92 Å². The summed E-state index contributed by atoms with van der Waals surface area (Å²) in [6, 6.07) is 7.25. The summed E-state index contributed by atoms with van der Waals surface area (Å²) >= 11 is 3.39. The van der Waals surface area contributed by atoms with Gasteiger partial charge >= 0.3 is 5.97 Å². The fourth-order valence-corrected chi connectivity index (χ4v) is 2.78. The van der Waals surface area contributed by atoms with Crippen LogP contribution < -0.4 is 10.6 Å². The van der Waals surface area contributed by atoms with Gasteiger partial charge in [-0.3, -0.25) is 9.59 Å². The molecule has 2 N–H and O–H groups in total. The number of rotatable bonds is 7. The van der Waals surface area contributed by atoms with E-state index in [1.165, 1.54) is 0 Å². The number of hydrogen-bond acceptors (Lipinski definition) is 4. The first-order valence-electron chi connectivity index (χ1n) is 7.93. The van der Waals surface area contributed by atoms with Crippen molar-refractivity contribution >= 4 is 27.8 Å².